The van der Waals surface area contributed by atoms with Crippen molar-refractivity contribution in [1.29, 1.82) is 0 Å². The first-order valence-electron chi connectivity index (χ1n) is 18.7. The molecular formula is C47H39N3OPt. The molecule has 1 N–H and O–H groups in total. The van der Waals surface area contributed by atoms with Gasteiger partial charge in [0.05, 0.1) is 0 Å². The summed E-state index contributed by atoms with van der Waals surface area (Å²) < 4.78 is 24.6. The number of benzene rings is 6. The normalized spacial score (nSPS) is 14.7. The quantitative estimate of drug-likeness (QED) is 0.170. The predicted octanol–water partition coefficient (Wildman–Crippen LogP) is 12.7. The number of hydrogen-bond donors (Lipinski definition) is 1. The zero-order valence-corrected chi connectivity index (χ0v) is 31.4. The van der Waals surface area contributed by atoms with Crippen LogP contribution < -0.4 is 4.90 Å². The van der Waals surface area contributed by atoms with Crippen LogP contribution in [0.3, 0.4) is 0 Å². The van der Waals surface area contributed by atoms with Crippen LogP contribution in [0.2, 0.25) is 0 Å². The molecule has 0 amide bonds. The van der Waals surface area contributed by atoms with Crippen molar-refractivity contribution >= 4 is 17.1 Å². The Morgan fingerprint density at radius 1 is 0.692 bits per heavy atom. The Hall–Kier alpha value is -5.44. The van der Waals surface area contributed by atoms with Crippen molar-refractivity contribution in [2.45, 2.75) is 39.2 Å². The molecule has 1 atom stereocenters. The summed E-state index contributed by atoms with van der Waals surface area (Å²) in [6.45, 7) is 4.31. The zero-order chi connectivity index (χ0) is 37.6. The van der Waals surface area contributed by atoms with E-state index in [0.717, 1.165) is 67.3 Å². The molecule has 258 valence electrons. The molecule has 0 bridgehead atoms. The van der Waals surface area contributed by atoms with Gasteiger partial charge in [-0.3, -0.25) is 4.98 Å². The number of rotatable bonds is 6. The maximum Gasteiger partial charge on any atom is 2.00 e. The van der Waals surface area contributed by atoms with Crippen molar-refractivity contribution in [1.82, 2.24) is 4.98 Å². The first-order valence-corrected chi connectivity index (χ1v) is 17.2. The molecule has 1 aliphatic rings. The summed E-state index contributed by atoms with van der Waals surface area (Å²) in [7, 11) is 0. The fraction of sp³-hybridized carbons (Fsp3) is 0.128. The average Bonchev–Trinajstić information content (AvgIpc) is 3.57. The fourth-order valence-electron chi connectivity index (χ4n) is 6.84. The number of aryl methyl sites for hydroxylation is 1. The van der Waals surface area contributed by atoms with E-state index < -0.39 is 13.0 Å². The standard InChI is InChI=1S/C47H39N3O.Pt/c1-31-22-23-42(40(26-31)33-16-9-6-10-17-33)50-43-20-13-19-38(45(43)49-46(50)39-18-11-12-21-44(39)51)35-27-36(29-37(28-35)47(2,3)4)41-30-34(24-25-48-41)32-14-7-5-8-15-32;/h5-26,28-30,46,51H,1-4H3;/q-2;+2/i1D3;. The first-order chi connectivity index (χ1) is 26.0. The molecular weight excluding hydrogens is 818 g/mol. The molecule has 8 rings (SSSR count). The van der Waals surface area contributed by atoms with E-state index in [2.05, 4.69) is 68.1 Å². The number of fused-ring (bicyclic) bond motifs is 1. The number of aromatic hydroxyl groups is 1. The Bertz CT molecular complexity index is 2480. The van der Waals surface area contributed by atoms with Gasteiger partial charge in [-0.25, -0.2) is 0 Å². The van der Waals surface area contributed by atoms with E-state index in [1.807, 2.05) is 91.1 Å². The minimum Gasteiger partial charge on any atom is -0.665 e. The molecule has 2 heterocycles. The van der Waals surface area contributed by atoms with Crippen molar-refractivity contribution in [2.75, 3.05) is 4.90 Å². The molecule has 0 saturated heterocycles. The molecule has 6 aromatic carbocycles. The van der Waals surface area contributed by atoms with E-state index in [4.69, 9.17) is 14.4 Å². The van der Waals surface area contributed by atoms with Crippen molar-refractivity contribution in [3.63, 3.8) is 0 Å². The zero-order valence-electron chi connectivity index (χ0n) is 32.1. The molecule has 1 aliphatic heterocycles. The summed E-state index contributed by atoms with van der Waals surface area (Å²) in [6.07, 6.45) is 1.21. The van der Waals surface area contributed by atoms with Gasteiger partial charge in [-0.15, -0.1) is 35.0 Å². The maximum atomic E-state index is 11.3. The van der Waals surface area contributed by atoms with E-state index in [1.165, 1.54) is 0 Å². The summed E-state index contributed by atoms with van der Waals surface area (Å²) >= 11 is 0. The van der Waals surface area contributed by atoms with Crippen molar-refractivity contribution in [3.8, 4) is 50.4 Å². The number of anilines is 2. The molecule has 0 aliphatic carbocycles. The topological polar surface area (TPSA) is 50.5 Å². The predicted molar refractivity (Wildman–Crippen MR) is 211 cm³/mol. The molecule has 0 fully saturated rings. The second kappa shape index (κ2) is 14.3. The van der Waals surface area contributed by atoms with Crippen LogP contribution in [-0.2, 0) is 26.5 Å². The van der Waals surface area contributed by atoms with Crippen LogP contribution >= 0.6 is 0 Å². The van der Waals surface area contributed by atoms with Gasteiger partial charge in [-0.05, 0) is 71.0 Å². The van der Waals surface area contributed by atoms with Gasteiger partial charge in [0.1, 0.15) is 5.75 Å². The minimum atomic E-state index is -2.29. The molecule has 4 nitrogen and oxygen atoms in total. The van der Waals surface area contributed by atoms with Gasteiger partial charge in [0, 0.05) is 32.9 Å². The maximum absolute atomic E-state index is 11.3. The summed E-state index contributed by atoms with van der Waals surface area (Å²) in [4.78, 5) is 6.92. The first kappa shape index (κ1) is 31.3. The SMILES string of the molecule is [2H]C([2H])([2H])c1ccc(N2c3cccc(-c4[c-]c(-c5cc(-c6ccccc6)ccn5)cc(C(C)(C)C)c4)c3[N-]C2c2ccccc2O)c(-c2ccccc2)c1.[Pt+2]. The van der Waals surface area contributed by atoms with E-state index in [0.29, 0.717) is 5.56 Å². The molecule has 5 heteroatoms. The second-order valence-corrected chi connectivity index (χ2v) is 13.9. The van der Waals surface area contributed by atoms with Gasteiger partial charge in [0.2, 0.25) is 0 Å². The smallest absolute Gasteiger partial charge is 0.665 e. The molecule has 1 aromatic heterocycles. The monoisotopic (exact) mass is 859 g/mol. The Balaban J connectivity index is 0.00000465. The van der Waals surface area contributed by atoms with Crippen LogP contribution in [0, 0.1) is 12.9 Å². The van der Waals surface area contributed by atoms with Gasteiger partial charge in [-0.1, -0.05) is 141 Å². The van der Waals surface area contributed by atoms with Crippen LogP contribution in [0.15, 0.2) is 152 Å². The van der Waals surface area contributed by atoms with E-state index in [9.17, 15) is 5.11 Å². The Morgan fingerprint density at radius 3 is 2.13 bits per heavy atom. The number of nitrogens with zero attached hydrogens (tertiary/aromatic N) is 3. The summed E-state index contributed by atoms with van der Waals surface area (Å²) in [5.41, 5.74) is 11.5. The second-order valence-electron chi connectivity index (χ2n) is 13.9. The number of phenolic OH excluding ortho intramolecular Hbond substituents is 1. The summed E-state index contributed by atoms with van der Waals surface area (Å²) in [5, 5.41) is 16.6. The number of pyridine rings is 1. The van der Waals surface area contributed by atoms with Crippen LogP contribution in [0.5, 0.6) is 5.75 Å². The third kappa shape index (κ3) is 6.67. The number of hydrogen-bond acceptors (Lipinski definition) is 3. The van der Waals surface area contributed by atoms with Gasteiger partial charge in [0.25, 0.3) is 0 Å². The van der Waals surface area contributed by atoms with Crippen LogP contribution in [0.4, 0.5) is 17.1 Å². The van der Waals surface area contributed by atoms with Crippen molar-refractivity contribution in [3.05, 3.63) is 180 Å². The van der Waals surface area contributed by atoms with Crippen LogP contribution in [0.1, 0.15) is 47.7 Å². The van der Waals surface area contributed by atoms with Crippen molar-refractivity contribution < 1.29 is 30.3 Å². The third-order valence-corrected chi connectivity index (χ3v) is 9.49. The van der Waals surface area contributed by atoms with Gasteiger partial charge in [0.15, 0.2) is 0 Å². The van der Waals surface area contributed by atoms with Crippen LogP contribution in [-0.4, -0.2) is 10.1 Å². The van der Waals surface area contributed by atoms with Crippen molar-refractivity contribution in [2.24, 2.45) is 0 Å². The molecule has 52 heavy (non-hydrogen) atoms. The van der Waals surface area contributed by atoms with Crippen LogP contribution in [0.25, 0.3) is 50.0 Å². The minimum absolute atomic E-state index is 0. The molecule has 0 radical (unpaired) electrons. The Labute approximate surface area is 325 Å². The number of phenols is 1. The largest absolute Gasteiger partial charge is 2.00 e. The number of aromatic nitrogens is 1. The molecule has 0 saturated carbocycles. The van der Waals surface area contributed by atoms with Gasteiger partial charge >= 0.3 is 21.1 Å². The molecule has 1 unspecified atom stereocenters. The Morgan fingerprint density at radius 2 is 1.40 bits per heavy atom. The van der Waals surface area contributed by atoms with Gasteiger partial charge < -0.3 is 15.3 Å². The summed E-state index contributed by atoms with van der Waals surface area (Å²) in [6, 6.07) is 51.0. The number of para-hydroxylation sites is 2. The van der Waals surface area contributed by atoms with E-state index >= 15 is 0 Å². The van der Waals surface area contributed by atoms with E-state index in [-0.39, 0.29) is 37.8 Å². The summed E-state index contributed by atoms with van der Waals surface area (Å²) in [5.74, 6) is 0.124. The molecule has 7 aromatic rings. The fourth-order valence-corrected chi connectivity index (χ4v) is 6.84. The third-order valence-electron chi connectivity index (χ3n) is 9.49. The average molecular weight is 860 g/mol. The Kier molecular flexibility index (Phi) is 8.60. The van der Waals surface area contributed by atoms with Gasteiger partial charge in [-0.2, -0.15) is 0 Å². The van der Waals surface area contributed by atoms with E-state index in [1.54, 1.807) is 24.3 Å². The molecule has 0 spiro atoms.